The van der Waals surface area contributed by atoms with Crippen molar-refractivity contribution in [3.63, 3.8) is 0 Å². The molecule has 0 aliphatic carbocycles. The fraction of sp³-hybridized carbons (Fsp3) is 0.500. The van der Waals surface area contributed by atoms with Gasteiger partial charge in [0.15, 0.2) is 0 Å². The largest absolute Gasteiger partial charge is 0.465 e. The summed E-state index contributed by atoms with van der Waals surface area (Å²) in [5, 5.41) is 3.24. The van der Waals surface area contributed by atoms with Crippen molar-refractivity contribution in [2.45, 2.75) is 30.8 Å². The van der Waals surface area contributed by atoms with Gasteiger partial charge in [0.2, 0.25) is 10.0 Å². The Morgan fingerprint density at radius 3 is 2.76 bits per heavy atom. The van der Waals surface area contributed by atoms with Crippen LogP contribution in [0.4, 0.5) is 0 Å². The number of benzene rings is 1. The van der Waals surface area contributed by atoms with Gasteiger partial charge in [-0.1, -0.05) is 6.07 Å². The summed E-state index contributed by atoms with van der Waals surface area (Å²) in [6.07, 6.45) is 0. The molecule has 7 heteroatoms. The first kappa shape index (κ1) is 15.9. The van der Waals surface area contributed by atoms with Crippen molar-refractivity contribution in [2.75, 3.05) is 20.2 Å². The second kappa shape index (κ2) is 6.13. The molecule has 0 amide bonds. The number of esters is 1. The molecular weight excluding hydrogens is 292 g/mol. The third kappa shape index (κ3) is 3.25. The highest BCUT2D eigenvalue weighted by Crippen LogP contribution is 2.21. The van der Waals surface area contributed by atoms with Crippen LogP contribution in [-0.4, -0.2) is 51.0 Å². The third-order valence-corrected chi connectivity index (χ3v) is 5.54. The molecule has 2 rings (SSSR count). The first-order valence-electron chi connectivity index (χ1n) is 6.80. The minimum atomic E-state index is -3.62. The number of carbonyl (C=O) groups excluding carboxylic acids is 1. The summed E-state index contributed by atoms with van der Waals surface area (Å²) in [4.78, 5) is 11.7. The molecule has 0 saturated carbocycles. The third-order valence-electron chi connectivity index (χ3n) is 3.57. The minimum Gasteiger partial charge on any atom is -0.465 e. The lowest BCUT2D eigenvalue weighted by atomic mass is 10.2. The topological polar surface area (TPSA) is 75.7 Å². The molecule has 1 aliphatic heterocycles. The van der Waals surface area contributed by atoms with Crippen LogP contribution in [-0.2, 0) is 14.8 Å². The smallest absolute Gasteiger partial charge is 0.337 e. The quantitative estimate of drug-likeness (QED) is 0.837. The Morgan fingerprint density at radius 2 is 2.10 bits per heavy atom. The van der Waals surface area contributed by atoms with E-state index in [1.807, 2.05) is 13.8 Å². The molecule has 116 valence electrons. The summed E-state index contributed by atoms with van der Waals surface area (Å²) in [6.45, 7) is 4.82. The Bertz CT molecular complexity index is 630. The number of hydrogen-bond acceptors (Lipinski definition) is 5. The summed E-state index contributed by atoms with van der Waals surface area (Å²) >= 11 is 0. The Balaban J connectivity index is 2.37. The van der Waals surface area contributed by atoms with Gasteiger partial charge in [-0.05, 0) is 32.0 Å². The van der Waals surface area contributed by atoms with Gasteiger partial charge < -0.3 is 10.1 Å². The Hall–Kier alpha value is -1.44. The highest BCUT2D eigenvalue weighted by Gasteiger charge is 2.33. The van der Waals surface area contributed by atoms with Gasteiger partial charge >= 0.3 is 5.97 Å². The van der Waals surface area contributed by atoms with Crippen LogP contribution in [0.25, 0.3) is 0 Å². The highest BCUT2D eigenvalue weighted by atomic mass is 32.2. The monoisotopic (exact) mass is 312 g/mol. The van der Waals surface area contributed by atoms with E-state index in [4.69, 9.17) is 0 Å². The number of methoxy groups -OCH3 is 1. The molecule has 2 atom stereocenters. The van der Waals surface area contributed by atoms with E-state index in [2.05, 4.69) is 10.1 Å². The molecule has 1 heterocycles. The average molecular weight is 312 g/mol. The van der Waals surface area contributed by atoms with Gasteiger partial charge in [0.25, 0.3) is 0 Å². The van der Waals surface area contributed by atoms with Crippen LogP contribution >= 0.6 is 0 Å². The lowest BCUT2D eigenvalue weighted by molar-refractivity contribution is 0.0600. The van der Waals surface area contributed by atoms with Crippen LogP contribution in [0.1, 0.15) is 24.2 Å². The van der Waals surface area contributed by atoms with Crippen LogP contribution in [0.15, 0.2) is 29.2 Å². The molecular formula is C14H20N2O4S. The summed E-state index contributed by atoms with van der Waals surface area (Å²) in [7, 11) is -2.36. The van der Waals surface area contributed by atoms with Crippen LogP contribution in [0, 0.1) is 0 Å². The lowest BCUT2D eigenvalue weighted by Gasteiger charge is -2.36. The number of nitrogens with one attached hydrogen (secondary N) is 1. The molecule has 0 aromatic heterocycles. The maximum absolute atomic E-state index is 12.8. The molecule has 1 aromatic carbocycles. The van der Waals surface area contributed by atoms with Crippen LogP contribution in [0.2, 0.25) is 0 Å². The molecule has 6 nitrogen and oxygen atoms in total. The van der Waals surface area contributed by atoms with Gasteiger partial charge in [-0.2, -0.15) is 4.31 Å². The number of piperazine rings is 1. The van der Waals surface area contributed by atoms with Gasteiger partial charge in [-0.25, -0.2) is 13.2 Å². The Kier molecular flexibility index (Phi) is 4.65. The van der Waals surface area contributed by atoms with E-state index in [9.17, 15) is 13.2 Å². The van der Waals surface area contributed by atoms with Gasteiger partial charge in [-0.3, -0.25) is 0 Å². The van der Waals surface area contributed by atoms with Crippen molar-refractivity contribution < 1.29 is 17.9 Å². The van der Waals surface area contributed by atoms with E-state index in [0.29, 0.717) is 13.1 Å². The van der Waals surface area contributed by atoms with Crippen molar-refractivity contribution in [3.05, 3.63) is 29.8 Å². The Labute approximate surface area is 125 Å². The molecule has 1 aromatic rings. The van der Waals surface area contributed by atoms with Crippen LogP contribution in [0.3, 0.4) is 0 Å². The molecule has 21 heavy (non-hydrogen) atoms. The Morgan fingerprint density at radius 1 is 1.38 bits per heavy atom. The van der Waals surface area contributed by atoms with E-state index in [1.54, 1.807) is 6.07 Å². The molecule has 0 bridgehead atoms. The number of sulfonamides is 1. The number of carbonyl (C=O) groups is 1. The van der Waals surface area contributed by atoms with E-state index < -0.39 is 16.0 Å². The summed E-state index contributed by atoms with van der Waals surface area (Å²) in [5.41, 5.74) is 0.231. The normalized spacial score (nSPS) is 23.8. The van der Waals surface area contributed by atoms with E-state index in [-0.39, 0.29) is 22.5 Å². The first-order valence-corrected chi connectivity index (χ1v) is 8.24. The summed E-state index contributed by atoms with van der Waals surface area (Å²) in [5.74, 6) is -0.547. The maximum atomic E-state index is 12.8. The predicted octanol–water partition coefficient (Wildman–Crippen LogP) is 0.844. The zero-order valence-electron chi connectivity index (χ0n) is 12.4. The first-order chi connectivity index (χ1) is 9.86. The second-order valence-electron chi connectivity index (χ2n) is 5.25. The molecule has 1 N–H and O–H groups in total. The predicted molar refractivity (Wildman–Crippen MR) is 78.6 cm³/mol. The van der Waals surface area contributed by atoms with Crippen LogP contribution < -0.4 is 5.32 Å². The highest BCUT2D eigenvalue weighted by molar-refractivity contribution is 7.89. The zero-order valence-corrected chi connectivity index (χ0v) is 13.2. The molecule has 1 saturated heterocycles. The average Bonchev–Trinajstić information content (AvgIpc) is 2.49. The molecule has 1 aliphatic rings. The SMILES string of the molecule is COC(=O)c1cccc(S(=O)(=O)N2CC(C)NCC2C)c1. The van der Waals surface area contributed by atoms with Gasteiger partial charge in [-0.15, -0.1) is 0 Å². The fourth-order valence-corrected chi connectivity index (χ4v) is 4.13. The van der Waals surface area contributed by atoms with E-state index in [0.717, 1.165) is 0 Å². The number of nitrogens with zero attached hydrogens (tertiary/aromatic N) is 1. The lowest BCUT2D eigenvalue weighted by Crippen LogP contribution is -2.56. The van der Waals surface area contributed by atoms with Crippen molar-refractivity contribution >= 4 is 16.0 Å². The zero-order chi connectivity index (χ0) is 15.6. The number of hydrogen-bond donors (Lipinski definition) is 1. The van der Waals surface area contributed by atoms with Crippen LogP contribution in [0.5, 0.6) is 0 Å². The standard InChI is InChI=1S/C14H20N2O4S/c1-10-9-16(11(2)8-15-10)21(18,19)13-6-4-5-12(7-13)14(17)20-3/h4-7,10-11,15H,8-9H2,1-3H3. The molecule has 0 spiro atoms. The fourth-order valence-electron chi connectivity index (χ4n) is 2.36. The number of rotatable bonds is 3. The maximum Gasteiger partial charge on any atom is 0.337 e. The van der Waals surface area contributed by atoms with Crippen molar-refractivity contribution in [3.8, 4) is 0 Å². The second-order valence-corrected chi connectivity index (χ2v) is 7.14. The number of ether oxygens (including phenoxy) is 1. The van der Waals surface area contributed by atoms with E-state index in [1.165, 1.54) is 29.6 Å². The van der Waals surface area contributed by atoms with Gasteiger partial charge in [0.05, 0.1) is 17.6 Å². The van der Waals surface area contributed by atoms with Gasteiger partial charge in [0.1, 0.15) is 0 Å². The summed E-state index contributed by atoms with van der Waals surface area (Å²) in [6, 6.07) is 5.92. The summed E-state index contributed by atoms with van der Waals surface area (Å²) < 4.78 is 31.6. The van der Waals surface area contributed by atoms with E-state index >= 15 is 0 Å². The van der Waals surface area contributed by atoms with Crippen molar-refractivity contribution in [1.82, 2.24) is 9.62 Å². The molecule has 0 radical (unpaired) electrons. The van der Waals surface area contributed by atoms with Crippen molar-refractivity contribution in [1.29, 1.82) is 0 Å². The molecule has 1 fully saturated rings. The molecule has 2 unspecified atom stereocenters. The minimum absolute atomic E-state index is 0.0970. The van der Waals surface area contributed by atoms with Gasteiger partial charge in [0, 0.05) is 25.2 Å². The van der Waals surface area contributed by atoms with Crippen molar-refractivity contribution in [2.24, 2.45) is 0 Å².